The van der Waals surface area contributed by atoms with Gasteiger partial charge in [-0.1, -0.05) is 24.3 Å². The molecule has 0 atom stereocenters. The number of fused-ring (bicyclic) bond motifs is 2. The summed E-state index contributed by atoms with van der Waals surface area (Å²) < 4.78 is 23.6. The molecule has 2 aromatic heterocycles. The van der Waals surface area contributed by atoms with Gasteiger partial charge in [-0.3, -0.25) is 19.2 Å². The highest BCUT2D eigenvalue weighted by Gasteiger charge is 2.17. The van der Waals surface area contributed by atoms with Gasteiger partial charge in [-0.2, -0.15) is 0 Å². The van der Waals surface area contributed by atoms with Crippen molar-refractivity contribution in [2.45, 2.75) is 66.5 Å². The predicted octanol–water partition coefficient (Wildman–Crippen LogP) is 3.79. The lowest BCUT2D eigenvalue weighted by Crippen LogP contribution is -2.15. The summed E-state index contributed by atoms with van der Waals surface area (Å²) in [4.78, 5) is 55.5. The summed E-state index contributed by atoms with van der Waals surface area (Å²) in [5.74, 6) is 0.0306. The highest BCUT2D eigenvalue weighted by Crippen LogP contribution is 2.19. The number of hydrogen-bond donors (Lipinski definition) is 0. The molecular weight excluding hydrogens is 620 g/mol. The van der Waals surface area contributed by atoms with Crippen molar-refractivity contribution in [3.8, 4) is 0 Å². The van der Waals surface area contributed by atoms with E-state index in [1.54, 1.807) is 27.7 Å². The Morgan fingerprint density at radius 2 is 0.891 bits per heavy atom. The minimum atomic E-state index is -0.324. The number of esters is 4. The average Bonchev–Trinajstić information content (AvgIpc) is 3.52. The number of imidazole rings is 2. The molecule has 0 saturated carbocycles. The normalized spacial score (nSPS) is 10.2. The number of aryl methyl sites for hydroxylation is 2. The van der Waals surface area contributed by atoms with Gasteiger partial charge in [0.15, 0.2) is 0 Å². The Morgan fingerprint density at radius 1 is 0.565 bits per heavy atom. The van der Waals surface area contributed by atoms with E-state index in [0.29, 0.717) is 51.2 Å². The maximum Gasteiger partial charge on any atom is 0.313 e. The minimum absolute atomic E-state index is 0. The number of para-hydroxylation sites is 4. The van der Waals surface area contributed by atoms with Crippen molar-refractivity contribution in [2.75, 3.05) is 26.4 Å². The molecule has 0 radical (unpaired) electrons. The highest BCUT2D eigenvalue weighted by atomic mass is 35.5. The number of hydrogen-bond acceptors (Lipinski definition) is 10. The topological polar surface area (TPSA) is 172 Å². The van der Waals surface area contributed by atoms with Gasteiger partial charge in [0, 0.05) is 13.1 Å². The van der Waals surface area contributed by atoms with Crippen molar-refractivity contribution in [3.63, 3.8) is 0 Å². The van der Waals surface area contributed by atoms with Crippen LogP contribution in [0.15, 0.2) is 48.5 Å². The molecule has 0 aliphatic heterocycles. The average molecular weight is 663 g/mol. The maximum atomic E-state index is 11.7. The third-order valence-corrected chi connectivity index (χ3v) is 6.37. The molecule has 2 N–H and O–H groups in total. The van der Waals surface area contributed by atoms with Gasteiger partial charge in [-0.15, -0.1) is 12.4 Å². The zero-order valence-electron chi connectivity index (χ0n) is 26.7. The third-order valence-electron chi connectivity index (χ3n) is 6.37. The number of benzene rings is 2. The lowest BCUT2D eigenvalue weighted by molar-refractivity contribution is -0.144. The van der Waals surface area contributed by atoms with Crippen LogP contribution in [0.1, 0.15) is 52.2 Å². The summed E-state index contributed by atoms with van der Waals surface area (Å²) in [7, 11) is 0. The summed E-state index contributed by atoms with van der Waals surface area (Å²) in [6, 6.07) is 15.2. The summed E-state index contributed by atoms with van der Waals surface area (Å²) in [5, 5.41) is 0. The monoisotopic (exact) mass is 662 g/mol. The second-order valence-corrected chi connectivity index (χ2v) is 9.41. The largest absolute Gasteiger partial charge is 0.466 e. The molecule has 2 heterocycles. The molecular formula is C32H43ClN4O9. The molecule has 0 saturated heterocycles. The Kier molecular flexibility index (Phi) is 17.6. The van der Waals surface area contributed by atoms with Crippen LogP contribution in [0.25, 0.3) is 22.1 Å². The van der Waals surface area contributed by atoms with Gasteiger partial charge < -0.3 is 33.6 Å². The first-order valence-corrected chi connectivity index (χ1v) is 14.8. The zero-order valence-corrected chi connectivity index (χ0v) is 27.5. The summed E-state index contributed by atoms with van der Waals surface area (Å²) in [6.45, 7) is 9.32. The second-order valence-electron chi connectivity index (χ2n) is 9.41. The van der Waals surface area contributed by atoms with Crippen LogP contribution in [-0.4, -0.2) is 74.9 Å². The molecule has 4 aromatic rings. The summed E-state index contributed by atoms with van der Waals surface area (Å²) in [5.41, 5.74) is 3.38. The van der Waals surface area contributed by atoms with Gasteiger partial charge >= 0.3 is 23.9 Å². The van der Waals surface area contributed by atoms with E-state index in [1.807, 2.05) is 57.7 Å². The first-order chi connectivity index (χ1) is 21.3. The van der Waals surface area contributed by atoms with Crippen LogP contribution in [0.3, 0.4) is 0 Å². The van der Waals surface area contributed by atoms with Crippen molar-refractivity contribution < 1.29 is 43.6 Å². The number of carbonyl (C=O) groups excluding carboxylic acids is 4. The Morgan fingerprint density at radius 3 is 1.24 bits per heavy atom. The van der Waals surface area contributed by atoms with Gasteiger partial charge in [0.2, 0.25) is 0 Å². The molecule has 0 bridgehead atoms. The molecule has 252 valence electrons. The molecule has 14 heteroatoms. The fourth-order valence-electron chi connectivity index (χ4n) is 4.57. The molecule has 0 aliphatic rings. The smallest absolute Gasteiger partial charge is 0.313 e. The van der Waals surface area contributed by atoms with Crippen LogP contribution in [0, 0.1) is 0 Å². The number of ether oxygens (including phenoxy) is 4. The molecule has 0 aliphatic carbocycles. The van der Waals surface area contributed by atoms with Gasteiger partial charge in [0.1, 0.15) is 24.5 Å². The number of aromatic nitrogens is 4. The standard InChI is InChI=1S/2C16H20N2O4.ClH.H2O/c2*1-3-21-15(19)9-10-18-13-8-6-5-7-12(13)17-14(18)11-16(20)22-4-2;;/h2*5-8H,3-4,9-11H2,1-2H3;1H;1H2. The molecule has 0 spiro atoms. The van der Waals surface area contributed by atoms with E-state index < -0.39 is 0 Å². The molecule has 0 fully saturated rings. The third kappa shape index (κ3) is 11.5. The van der Waals surface area contributed by atoms with Gasteiger partial charge in [-0.25, -0.2) is 9.97 Å². The Labute approximate surface area is 273 Å². The van der Waals surface area contributed by atoms with Crippen LogP contribution in [0.5, 0.6) is 0 Å². The summed E-state index contributed by atoms with van der Waals surface area (Å²) >= 11 is 0. The lowest BCUT2D eigenvalue weighted by atomic mass is 10.3. The van der Waals surface area contributed by atoms with E-state index in [2.05, 4.69) is 9.97 Å². The maximum absolute atomic E-state index is 11.7. The van der Waals surface area contributed by atoms with Crippen LogP contribution in [0.2, 0.25) is 0 Å². The molecule has 46 heavy (non-hydrogen) atoms. The first-order valence-electron chi connectivity index (χ1n) is 14.8. The van der Waals surface area contributed by atoms with Crippen molar-refractivity contribution in [2.24, 2.45) is 0 Å². The zero-order chi connectivity index (χ0) is 31.9. The number of halogens is 1. The van der Waals surface area contributed by atoms with Crippen molar-refractivity contribution >= 4 is 58.4 Å². The van der Waals surface area contributed by atoms with Crippen molar-refractivity contribution in [1.82, 2.24) is 19.1 Å². The molecule has 0 unspecified atom stereocenters. The quantitative estimate of drug-likeness (QED) is 0.143. The number of carbonyl (C=O) groups is 4. The predicted molar refractivity (Wildman–Crippen MR) is 174 cm³/mol. The molecule has 13 nitrogen and oxygen atoms in total. The van der Waals surface area contributed by atoms with Crippen LogP contribution in [-0.2, 0) is 64.1 Å². The van der Waals surface area contributed by atoms with E-state index in [0.717, 1.165) is 22.1 Å². The van der Waals surface area contributed by atoms with E-state index in [-0.39, 0.29) is 67.4 Å². The summed E-state index contributed by atoms with van der Waals surface area (Å²) in [6.07, 6.45) is 0.657. The van der Waals surface area contributed by atoms with Crippen LogP contribution >= 0.6 is 12.4 Å². The number of rotatable bonds is 14. The van der Waals surface area contributed by atoms with Crippen molar-refractivity contribution in [3.05, 3.63) is 60.2 Å². The highest BCUT2D eigenvalue weighted by molar-refractivity contribution is 5.85. The van der Waals surface area contributed by atoms with Gasteiger partial charge in [0.25, 0.3) is 0 Å². The van der Waals surface area contributed by atoms with Crippen LogP contribution < -0.4 is 0 Å². The Hall–Kier alpha value is -4.49. The number of nitrogens with zero attached hydrogens (tertiary/aromatic N) is 4. The van der Waals surface area contributed by atoms with E-state index in [1.165, 1.54) is 0 Å². The SMILES string of the molecule is CCOC(=O)CCn1c(CC(=O)OCC)nc2ccccc21.CCOC(=O)CCn1c(CC(=O)OCC)nc2ccccc21.Cl.O. The van der Waals surface area contributed by atoms with Gasteiger partial charge in [0.05, 0.1) is 61.3 Å². The van der Waals surface area contributed by atoms with Gasteiger partial charge in [-0.05, 0) is 52.0 Å². The lowest BCUT2D eigenvalue weighted by Gasteiger charge is -2.08. The minimum Gasteiger partial charge on any atom is -0.466 e. The van der Waals surface area contributed by atoms with E-state index in [9.17, 15) is 19.2 Å². The first kappa shape index (κ1) is 39.5. The fourth-order valence-corrected chi connectivity index (χ4v) is 4.57. The van der Waals surface area contributed by atoms with Crippen LogP contribution in [0.4, 0.5) is 0 Å². The Balaban J connectivity index is 0.000000441. The fraction of sp³-hybridized carbons (Fsp3) is 0.438. The van der Waals surface area contributed by atoms with Crippen molar-refractivity contribution in [1.29, 1.82) is 0 Å². The van der Waals surface area contributed by atoms with E-state index >= 15 is 0 Å². The molecule has 4 rings (SSSR count). The Bertz CT molecular complexity index is 1450. The van der Waals surface area contributed by atoms with E-state index in [4.69, 9.17) is 18.9 Å². The second kappa shape index (κ2) is 20.5. The molecule has 2 aromatic carbocycles. The molecule has 0 amide bonds.